The SMILES string of the molecule is CC(=O)N1CC2CC1CN2Cc1cc2ccc(Oc3nc4cccnc4s3)cc2o1. The minimum absolute atomic E-state index is 0.183. The maximum Gasteiger partial charge on any atom is 0.281 e. The number of furan rings is 1. The summed E-state index contributed by atoms with van der Waals surface area (Å²) in [7, 11) is 0. The molecule has 2 saturated heterocycles. The molecule has 0 spiro atoms. The number of hydrogen-bond acceptors (Lipinski definition) is 7. The molecule has 30 heavy (non-hydrogen) atoms. The summed E-state index contributed by atoms with van der Waals surface area (Å²) in [5, 5.41) is 1.62. The number of piperazine rings is 1. The normalized spacial score (nSPS) is 21.2. The van der Waals surface area contributed by atoms with Crippen molar-refractivity contribution in [1.29, 1.82) is 0 Å². The molecule has 0 saturated carbocycles. The van der Waals surface area contributed by atoms with Gasteiger partial charge in [-0.1, -0.05) is 11.3 Å². The summed E-state index contributed by atoms with van der Waals surface area (Å²) < 4.78 is 12.1. The molecule has 1 amide bonds. The fourth-order valence-corrected chi connectivity index (χ4v) is 5.41. The van der Waals surface area contributed by atoms with Gasteiger partial charge in [-0.25, -0.2) is 9.97 Å². The third-order valence-electron chi connectivity index (χ3n) is 6.01. The predicted molar refractivity (Wildman–Crippen MR) is 114 cm³/mol. The zero-order chi connectivity index (χ0) is 20.2. The van der Waals surface area contributed by atoms with Crippen LogP contribution in [-0.2, 0) is 11.3 Å². The van der Waals surface area contributed by atoms with Crippen LogP contribution in [0.15, 0.2) is 47.0 Å². The lowest BCUT2D eigenvalue weighted by molar-refractivity contribution is -0.131. The van der Waals surface area contributed by atoms with Crippen molar-refractivity contribution in [2.24, 2.45) is 0 Å². The zero-order valence-corrected chi connectivity index (χ0v) is 17.3. The fourth-order valence-electron chi connectivity index (χ4n) is 4.63. The number of carbonyl (C=O) groups is 1. The lowest BCUT2D eigenvalue weighted by Crippen LogP contribution is -2.47. The Labute approximate surface area is 176 Å². The number of rotatable bonds is 4. The number of likely N-dealkylation sites (tertiary alicyclic amines) is 2. The van der Waals surface area contributed by atoms with E-state index in [1.807, 2.05) is 35.2 Å². The maximum atomic E-state index is 11.7. The first-order chi connectivity index (χ1) is 14.6. The third kappa shape index (κ3) is 3.03. The van der Waals surface area contributed by atoms with Crippen LogP contribution in [0.25, 0.3) is 21.3 Å². The largest absolute Gasteiger partial charge is 0.460 e. The standard InChI is InChI=1S/C22H20N4O3S/c1-13(27)26-11-15-8-16(26)10-25(15)12-18-7-14-4-5-17(9-20(14)28-18)29-22-24-19-3-2-6-23-21(19)30-22/h2-7,9,15-16H,8,10-12H2,1H3. The fraction of sp³-hybridized carbons (Fsp3) is 0.318. The van der Waals surface area contributed by atoms with Gasteiger partial charge in [-0.2, -0.15) is 0 Å². The minimum atomic E-state index is 0.183. The molecule has 4 aromatic rings. The minimum Gasteiger partial charge on any atom is -0.460 e. The molecule has 2 bridgehead atoms. The van der Waals surface area contributed by atoms with Crippen LogP contribution in [0.1, 0.15) is 19.1 Å². The summed E-state index contributed by atoms with van der Waals surface area (Å²) >= 11 is 1.42. The molecule has 7 nitrogen and oxygen atoms in total. The van der Waals surface area contributed by atoms with E-state index in [9.17, 15) is 4.79 Å². The van der Waals surface area contributed by atoms with Gasteiger partial charge in [0.15, 0.2) is 0 Å². The molecule has 1 aromatic carbocycles. The van der Waals surface area contributed by atoms with Gasteiger partial charge in [-0.3, -0.25) is 9.69 Å². The second-order valence-corrected chi connectivity index (χ2v) is 8.91. The Bertz CT molecular complexity index is 1230. The molecule has 0 aliphatic carbocycles. The van der Waals surface area contributed by atoms with E-state index in [-0.39, 0.29) is 5.91 Å². The Morgan fingerprint density at radius 3 is 3.00 bits per heavy atom. The monoisotopic (exact) mass is 420 g/mol. The van der Waals surface area contributed by atoms with Gasteiger partial charge in [0.1, 0.15) is 27.4 Å². The Morgan fingerprint density at radius 2 is 2.20 bits per heavy atom. The number of ether oxygens (including phenoxy) is 1. The van der Waals surface area contributed by atoms with E-state index in [2.05, 4.69) is 20.9 Å². The van der Waals surface area contributed by atoms with Crippen molar-refractivity contribution in [3.8, 4) is 10.9 Å². The third-order valence-corrected chi connectivity index (χ3v) is 6.87. The number of pyridine rings is 1. The van der Waals surface area contributed by atoms with Crippen LogP contribution < -0.4 is 4.74 Å². The molecule has 0 radical (unpaired) electrons. The Balaban J connectivity index is 1.19. The van der Waals surface area contributed by atoms with Gasteiger partial charge in [0.05, 0.1) is 6.54 Å². The summed E-state index contributed by atoms with van der Waals surface area (Å²) in [6.45, 7) is 4.17. The zero-order valence-electron chi connectivity index (χ0n) is 16.4. The van der Waals surface area contributed by atoms with Crippen LogP contribution in [0.5, 0.6) is 10.9 Å². The van der Waals surface area contributed by atoms with Gasteiger partial charge < -0.3 is 14.1 Å². The highest BCUT2D eigenvalue weighted by Crippen LogP contribution is 2.34. The Morgan fingerprint density at radius 1 is 1.27 bits per heavy atom. The van der Waals surface area contributed by atoms with Crippen molar-refractivity contribution in [2.45, 2.75) is 32.0 Å². The van der Waals surface area contributed by atoms with E-state index < -0.39 is 0 Å². The molecule has 0 N–H and O–H groups in total. The Hall–Kier alpha value is -2.97. The predicted octanol–water partition coefficient (Wildman–Crippen LogP) is 4.03. The first-order valence-electron chi connectivity index (χ1n) is 10.1. The number of carbonyl (C=O) groups excluding carboxylic acids is 1. The maximum absolute atomic E-state index is 11.7. The Kier molecular flexibility index (Phi) is 4.04. The topological polar surface area (TPSA) is 71.7 Å². The van der Waals surface area contributed by atoms with E-state index in [0.29, 0.717) is 23.0 Å². The molecule has 2 aliphatic rings. The van der Waals surface area contributed by atoms with E-state index in [1.165, 1.54) is 11.3 Å². The lowest BCUT2D eigenvalue weighted by Gasteiger charge is -2.33. The molecule has 6 rings (SSSR count). The van der Waals surface area contributed by atoms with E-state index in [0.717, 1.165) is 53.1 Å². The van der Waals surface area contributed by atoms with Crippen molar-refractivity contribution in [3.63, 3.8) is 0 Å². The van der Waals surface area contributed by atoms with Gasteiger partial charge in [-0.05, 0) is 36.8 Å². The van der Waals surface area contributed by atoms with Crippen molar-refractivity contribution in [2.75, 3.05) is 13.1 Å². The van der Waals surface area contributed by atoms with Crippen molar-refractivity contribution >= 4 is 38.6 Å². The molecule has 5 heterocycles. The average Bonchev–Trinajstić information content (AvgIpc) is 3.49. The molecule has 152 valence electrons. The number of nitrogens with zero attached hydrogens (tertiary/aromatic N) is 4. The van der Waals surface area contributed by atoms with E-state index in [4.69, 9.17) is 9.15 Å². The number of fused-ring (bicyclic) bond motifs is 4. The van der Waals surface area contributed by atoms with Gasteiger partial charge in [0, 0.05) is 49.7 Å². The van der Waals surface area contributed by atoms with Crippen LogP contribution in [-0.4, -0.2) is 50.8 Å². The second kappa shape index (κ2) is 6.78. The molecule has 2 fully saturated rings. The van der Waals surface area contributed by atoms with Gasteiger partial charge in [0.25, 0.3) is 5.19 Å². The van der Waals surface area contributed by atoms with Crippen LogP contribution in [0, 0.1) is 0 Å². The van der Waals surface area contributed by atoms with Crippen LogP contribution >= 0.6 is 11.3 Å². The lowest BCUT2D eigenvalue weighted by atomic mass is 10.2. The molecule has 2 unspecified atom stereocenters. The second-order valence-electron chi connectivity index (χ2n) is 7.97. The summed E-state index contributed by atoms with van der Waals surface area (Å²) in [5.74, 6) is 1.82. The molecule has 2 atom stereocenters. The molecule has 2 aliphatic heterocycles. The van der Waals surface area contributed by atoms with Crippen LogP contribution in [0.2, 0.25) is 0 Å². The number of thiazole rings is 1. The highest BCUT2D eigenvalue weighted by Gasteiger charge is 2.44. The first kappa shape index (κ1) is 17.9. The summed E-state index contributed by atoms with van der Waals surface area (Å²) in [5.41, 5.74) is 1.64. The summed E-state index contributed by atoms with van der Waals surface area (Å²) in [6, 6.07) is 12.5. The van der Waals surface area contributed by atoms with Gasteiger partial charge in [0.2, 0.25) is 5.91 Å². The quantitative estimate of drug-likeness (QED) is 0.496. The molecular weight excluding hydrogens is 400 g/mol. The molecule has 3 aromatic heterocycles. The average molecular weight is 420 g/mol. The van der Waals surface area contributed by atoms with E-state index >= 15 is 0 Å². The molecule has 8 heteroatoms. The smallest absolute Gasteiger partial charge is 0.281 e. The van der Waals surface area contributed by atoms with Gasteiger partial charge >= 0.3 is 0 Å². The highest BCUT2D eigenvalue weighted by atomic mass is 32.1. The molecular formula is C22H20N4O3S. The summed E-state index contributed by atoms with van der Waals surface area (Å²) in [6.07, 6.45) is 2.82. The first-order valence-corrected chi connectivity index (χ1v) is 10.9. The highest BCUT2D eigenvalue weighted by molar-refractivity contribution is 7.19. The van der Waals surface area contributed by atoms with Gasteiger partial charge in [-0.15, -0.1) is 0 Å². The van der Waals surface area contributed by atoms with Crippen molar-refractivity contribution in [1.82, 2.24) is 19.8 Å². The van der Waals surface area contributed by atoms with Crippen LogP contribution in [0.3, 0.4) is 0 Å². The van der Waals surface area contributed by atoms with Crippen molar-refractivity contribution < 1.29 is 13.9 Å². The van der Waals surface area contributed by atoms with Crippen LogP contribution in [0.4, 0.5) is 0 Å². The number of amides is 1. The number of hydrogen-bond donors (Lipinski definition) is 0. The number of aromatic nitrogens is 2. The summed E-state index contributed by atoms with van der Waals surface area (Å²) in [4.78, 5) is 25.8. The van der Waals surface area contributed by atoms with Crippen molar-refractivity contribution in [3.05, 3.63) is 48.4 Å². The number of benzene rings is 1. The van der Waals surface area contributed by atoms with E-state index in [1.54, 1.807) is 13.1 Å².